The average molecular weight is 406 g/mol. The molecule has 12 heteroatoms. The molecule has 0 radical (unpaired) electrons. The maximum absolute atomic E-state index is 13.7. The minimum atomic E-state index is -5.82. The predicted molar refractivity (Wildman–Crippen MR) is 88.5 cm³/mol. The zero-order valence-corrected chi connectivity index (χ0v) is 14.2. The van der Waals surface area contributed by atoms with E-state index < -0.39 is 17.8 Å². The van der Waals surface area contributed by atoms with Crippen molar-refractivity contribution in [2.45, 2.75) is 12.1 Å². The van der Waals surface area contributed by atoms with Gasteiger partial charge in [-0.1, -0.05) is 11.6 Å². The number of methoxy groups -OCH3 is 1. The summed E-state index contributed by atoms with van der Waals surface area (Å²) in [6.45, 7) is 3.18. The third-order valence-corrected chi connectivity index (χ3v) is 3.91. The lowest BCUT2D eigenvalue weighted by molar-refractivity contribution is -0.290. The Morgan fingerprint density at radius 3 is 2.52 bits per heavy atom. The molecule has 142 valence electrons. The maximum atomic E-state index is 13.7. The van der Waals surface area contributed by atoms with Crippen molar-refractivity contribution in [3.05, 3.63) is 40.8 Å². The van der Waals surface area contributed by atoms with Gasteiger partial charge in [0, 0.05) is 18.3 Å². The third-order valence-electron chi connectivity index (χ3n) is 3.60. The Bertz CT molecular complexity index is 1080. The minimum Gasteiger partial charge on any atom is -0.478 e. The van der Waals surface area contributed by atoms with Gasteiger partial charge in [0.05, 0.1) is 12.1 Å². The highest BCUT2D eigenvalue weighted by molar-refractivity contribution is 6.35. The highest BCUT2D eigenvalue weighted by Gasteiger charge is 2.60. The number of rotatable bonds is 3. The van der Waals surface area contributed by atoms with E-state index >= 15 is 0 Å². The number of pyridine rings is 2. The third kappa shape index (κ3) is 3.07. The number of nitrogens with zero attached hydrogens (tertiary/aromatic N) is 5. The number of hydrogen-bond donors (Lipinski definition) is 0. The molecule has 3 rings (SSSR count). The number of alkyl halides is 5. The average Bonchev–Trinajstić information content (AvgIpc) is 3.02. The summed E-state index contributed by atoms with van der Waals surface area (Å²) in [4.78, 5) is 7.65. The summed E-state index contributed by atoms with van der Waals surface area (Å²) in [5.74, 6) is -5.22. The summed E-state index contributed by atoms with van der Waals surface area (Å²) < 4.78 is 71.8. The van der Waals surface area contributed by atoms with Gasteiger partial charge in [-0.05, 0) is 18.2 Å². The standard InChI is InChI=1S/C15H9ClF5N5O/c1-22-25-13(27-2)9-6-26-11(23-9)4-3-7-8(16)5-10(24-12(7)26)14(17,18)15(19,20)21/h3-6H,1H2,2H3/b25-13-. The summed E-state index contributed by atoms with van der Waals surface area (Å²) in [6.07, 6.45) is -4.53. The second-order valence-electron chi connectivity index (χ2n) is 5.24. The van der Waals surface area contributed by atoms with E-state index in [2.05, 4.69) is 26.9 Å². The molecule has 0 atom stereocenters. The fraction of sp³-hybridized carbons (Fsp3) is 0.200. The van der Waals surface area contributed by atoms with Crippen molar-refractivity contribution >= 4 is 40.9 Å². The van der Waals surface area contributed by atoms with Crippen LogP contribution in [0.2, 0.25) is 5.02 Å². The highest BCUT2D eigenvalue weighted by Crippen LogP contribution is 2.44. The Balaban J connectivity index is 2.32. The molecule has 0 saturated heterocycles. The molecule has 3 heterocycles. The molecular formula is C15H9ClF5N5O. The summed E-state index contributed by atoms with van der Waals surface area (Å²) in [6, 6.07) is 3.38. The molecule has 0 N–H and O–H groups in total. The van der Waals surface area contributed by atoms with Crippen LogP contribution in [0.1, 0.15) is 11.4 Å². The van der Waals surface area contributed by atoms with Crippen molar-refractivity contribution < 1.29 is 26.7 Å². The van der Waals surface area contributed by atoms with Gasteiger partial charge in [-0.15, -0.1) is 5.10 Å². The number of hydrogen-bond acceptors (Lipinski definition) is 5. The van der Waals surface area contributed by atoms with Crippen molar-refractivity contribution in [3.8, 4) is 0 Å². The number of ether oxygens (including phenoxy) is 1. The van der Waals surface area contributed by atoms with Crippen LogP contribution in [0.5, 0.6) is 0 Å². The van der Waals surface area contributed by atoms with E-state index in [1.54, 1.807) is 0 Å². The summed E-state index contributed by atoms with van der Waals surface area (Å²) >= 11 is 5.92. The van der Waals surface area contributed by atoms with Crippen LogP contribution < -0.4 is 0 Å². The molecule has 0 bridgehead atoms. The molecule has 0 spiro atoms. The largest absolute Gasteiger partial charge is 0.478 e. The lowest BCUT2D eigenvalue weighted by Gasteiger charge is -2.19. The Kier molecular flexibility index (Phi) is 4.50. The molecule has 0 aliphatic carbocycles. The van der Waals surface area contributed by atoms with E-state index in [1.165, 1.54) is 29.8 Å². The minimum absolute atomic E-state index is 0.0373. The maximum Gasteiger partial charge on any atom is 0.459 e. The van der Waals surface area contributed by atoms with Crippen LogP contribution >= 0.6 is 11.6 Å². The zero-order valence-electron chi connectivity index (χ0n) is 13.4. The highest BCUT2D eigenvalue weighted by atomic mass is 35.5. The van der Waals surface area contributed by atoms with Crippen molar-refractivity contribution in [2.75, 3.05) is 7.11 Å². The van der Waals surface area contributed by atoms with E-state index in [1.807, 2.05) is 0 Å². The quantitative estimate of drug-likeness (QED) is 0.284. The van der Waals surface area contributed by atoms with Gasteiger partial charge in [0.1, 0.15) is 22.7 Å². The van der Waals surface area contributed by atoms with Crippen molar-refractivity contribution in [2.24, 2.45) is 10.2 Å². The number of fused-ring (bicyclic) bond motifs is 3. The first-order valence-corrected chi connectivity index (χ1v) is 7.49. The molecule has 0 saturated carbocycles. The second-order valence-corrected chi connectivity index (χ2v) is 5.64. The monoisotopic (exact) mass is 405 g/mol. The fourth-order valence-electron chi connectivity index (χ4n) is 2.36. The van der Waals surface area contributed by atoms with Crippen LogP contribution in [0.3, 0.4) is 0 Å². The normalized spacial score (nSPS) is 13.4. The molecule has 0 aromatic carbocycles. The van der Waals surface area contributed by atoms with E-state index in [9.17, 15) is 22.0 Å². The van der Waals surface area contributed by atoms with Crippen LogP contribution in [0.4, 0.5) is 22.0 Å². The van der Waals surface area contributed by atoms with Gasteiger partial charge in [0.25, 0.3) is 5.90 Å². The summed E-state index contributed by atoms with van der Waals surface area (Å²) in [5.41, 5.74) is -1.42. The first-order valence-electron chi connectivity index (χ1n) is 7.11. The Labute approximate surface area is 153 Å². The predicted octanol–water partition coefficient (Wildman–Crippen LogP) is 4.20. The molecule has 0 fully saturated rings. The first kappa shape index (κ1) is 19.0. The molecule has 0 unspecified atom stereocenters. The van der Waals surface area contributed by atoms with Crippen molar-refractivity contribution in [1.29, 1.82) is 0 Å². The molecular weight excluding hydrogens is 397 g/mol. The van der Waals surface area contributed by atoms with E-state index in [0.29, 0.717) is 6.07 Å². The molecule has 3 aromatic heterocycles. The zero-order chi connectivity index (χ0) is 20.0. The van der Waals surface area contributed by atoms with Gasteiger partial charge < -0.3 is 4.74 Å². The smallest absolute Gasteiger partial charge is 0.459 e. The molecule has 0 aliphatic heterocycles. The second kappa shape index (κ2) is 6.41. The van der Waals surface area contributed by atoms with Crippen LogP contribution in [-0.4, -0.2) is 40.3 Å². The number of halogens is 6. The van der Waals surface area contributed by atoms with E-state index in [0.717, 1.165) is 0 Å². The lowest BCUT2D eigenvalue weighted by Crippen LogP contribution is -2.34. The molecule has 3 aromatic rings. The van der Waals surface area contributed by atoms with Gasteiger partial charge in [-0.25, -0.2) is 9.97 Å². The van der Waals surface area contributed by atoms with Gasteiger partial charge in [0.2, 0.25) is 0 Å². The SMILES string of the molecule is C=N/N=C(\OC)c1cn2c(ccc3c(Cl)cc(C(F)(F)C(F)(F)F)nc32)n1. The van der Waals surface area contributed by atoms with Crippen LogP contribution in [-0.2, 0) is 10.7 Å². The molecule has 6 nitrogen and oxygen atoms in total. The number of imidazole rings is 1. The summed E-state index contributed by atoms with van der Waals surface area (Å²) in [5, 5.41) is 6.76. The van der Waals surface area contributed by atoms with Gasteiger partial charge in [-0.3, -0.25) is 4.40 Å². The topological polar surface area (TPSA) is 64.1 Å². The lowest BCUT2D eigenvalue weighted by atomic mass is 10.1. The molecule has 0 amide bonds. The Hall–Kier alpha value is -2.82. The molecule has 0 aliphatic rings. The van der Waals surface area contributed by atoms with Gasteiger partial charge in [0.15, 0.2) is 0 Å². The first-order chi connectivity index (χ1) is 12.6. The van der Waals surface area contributed by atoms with Crippen LogP contribution in [0, 0.1) is 0 Å². The van der Waals surface area contributed by atoms with E-state index in [4.69, 9.17) is 16.3 Å². The Morgan fingerprint density at radius 2 is 1.93 bits per heavy atom. The van der Waals surface area contributed by atoms with Crippen LogP contribution in [0.25, 0.3) is 16.7 Å². The van der Waals surface area contributed by atoms with Gasteiger partial charge >= 0.3 is 12.1 Å². The van der Waals surface area contributed by atoms with E-state index in [-0.39, 0.29) is 33.3 Å². The fourth-order valence-corrected chi connectivity index (χ4v) is 2.61. The summed E-state index contributed by atoms with van der Waals surface area (Å²) in [7, 11) is 1.29. The van der Waals surface area contributed by atoms with Crippen LogP contribution in [0.15, 0.2) is 34.6 Å². The molecule has 27 heavy (non-hydrogen) atoms. The van der Waals surface area contributed by atoms with Crippen molar-refractivity contribution in [1.82, 2.24) is 14.4 Å². The van der Waals surface area contributed by atoms with Gasteiger partial charge in [-0.2, -0.15) is 27.1 Å². The number of aromatic nitrogens is 3. The Morgan fingerprint density at radius 1 is 1.22 bits per heavy atom. The van der Waals surface area contributed by atoms with Crippen molar-refractivity contribution in [3.63, 3.8) is 0 Å².